The summed E-state index contributed by atoms with van der Waals surface area (Å²) in [5.41, 5.74) is 3.60. The van der Waals surface area contributed by atoms with E-state index in [1.54, 1.807) is 6.07 Å². The predicted molar refractivity (Wildman–Crippen MR) is 128 cm³/mol. The fourth-order valence-corrected chi connectivity index (χ4v) is 4.82. The first-order chi connectivity index (χ1) is 15.1. The van der Waals surface area contributed by atoms with E-state index in [1.807, 2.05) is 30.5 Å². The molecular weight excluding hydrogens is 424 g/mol. The normalized spacial score (nSPS) is 18.1. The molecule has 0 unspecified atom stereocenters. The van der Waals surface area contributed by atoms with Crippen LogP contribution in [0.4, 0.5) is 5.69 Å². The number of hydrogen-bond acceptors (Lipinski definition) is 6. The first-order valence-corrected chi connectivity index (χ1v) is 10.8. The Morgan fingerprint density at radius 3 is 2.88 bits per heavy atom. The second-order valence-electron chi connectivity index (χ2n) is 8.50. The van der Waals surface area contributed by atoms with Gasteiger partial charge in [-0.25, -0.2) is 4.98 Å². The molecule has 32 heavy (non-hydrogen) atoms. The van der Waals surface area contributed by atoms with E-state index in [2.05, 4.69) is 34.0 Å². The summed E-state index contributed by atoms with van der Waals surface area (Å²) in [5, 5.41) is 22.3. The molecule has 1 fully saturated rings. The lowest BCUT2D eigenvalue weighted by molar-refractivity contribution is 0.192. The number of phenols is 1. The highest BCUT2D eigenvalue weighted by molar-refractivity contribution is 5.95. The van der Waals surface area contributed by atoms with Gasteiger partial charge >= 0.3 is 0 Å². The second kappa shape index (κ2) is 9.23. The van der Waals surface area contributed by atoms with E-state index in [1.165, 1.54) is 6.42 Å². The van der Waals surface area contributed by atoms with Crippen LogP contribution in [-0.2, 0) is 13.0 Å². The summed E-state index contributed by atoms with van der Waals surface area (Å²) in [6.45, 7) is 3.04. The van der Waals surface area contributed by atoms with Gasteiger partial charge in [0.05, 0.1) is 0 Å². The van der Waals surface area contributed by atoms with Crippen LogP contribution in [0.25, 0.3) is 10.8 Å². The Bertz CT molecular complexity index is 1180. The van der Waals surface area contributed by atoms with Gasteiger partial charge in [0.1, 0.15) is 24.0 Å². The SMILES string of the molecule is CN1CCC[C@H]1COc1ncc2c(c1C#N)CN(c1cc(O)cc3ccccc13)CC2.Cl. The second-order valence-corrected chi connectivity index (χ2v) is 8.50. The lowest BCUT2D eigenvalue weighted by Gasteiger charge is -2.32. The van der Waals surface area contributed by atoms with E-state index < -0.39 is 0 Å². The van der Waals surface area contributed by atoms with Gasteiger partial charge in [-0.15, -0.1) is 12.4 Å². The van der Waals surface area contributed by atoms with Crippen LogP contribution in [0.2, 0.25) is 0 Å². The van der Waals surface area contributed by atoms with Crippen molar-refractivity contribution in [3.63, 3.8) is 0 Å². The quantitative estimate of drug-likeness (QED) is 0.640. The fourth-order valence-electron chi connectivity index (χ4n) is 4.82. The Hall–Kier alpha value is -3.01. The van der Waals surface area contributed by atoms with E-state index in [0.29, 0.717) is 30.6 Å². The first kappa shape index (κ1) is 22.2. The van der Waals surface area contributed by atoms with Crippen LogP contribution in [0.3, 0.4) is 0 Å². The van der Waals surface area contributed by atoms with Gasteiger partial charge in [0.15, 0.2) is 0 Å². The number of benzene rings is 2. The van der Waals surface area contributed by atoms with Crippen molar-refractivity contribution in [1.29, 1.82) is 5.26 Å². The molecule has 0 aliphatic carbocycles. The molecule has 0 spiro atoms. The smallest absolute Gasteiger partial charge is 0.232 e. The molecule has 5 rings (SSSR count). The lowest BCUT2D eigenvalue weighted by Crippen LogP contribution is -2.32. The molecule has 0 bridgehead atoms. The molecule has 0 radical (unpaired) electrons. The fraction of sp³-hybridized carbons (Fsp3) is 0.360. The molecule has 2 aliphatic rings. The highest BCUT2D eigenvalue weighted by atomic mass is 35.5. The number of rotatable bonds is 4. The maximum atomic E-state index is 10.3. The van der Waals surface area contributed by atoms with Crippen molar-refractivity contribution in [1.82, 2.24) is 9.88 Å². The molecule has 1 atom stereocenters. The number of halogens is 1. The van der Waals surface area contributed by atoms with Gasteiger partial charge in [-0.2, -0.15) is 5.26 Å². The van der Waals surface area contributed by atoms with Gasteiger partial charge in [0.2, 0.25) is 5.88 Å². The zero-order valence-corrected chi connectivity index (χ0v) is 18.9. The van der Waals surface area contributed by atoms with E-state index in [9.17, 15) is 10.4 Å². The number of likely N-dealkylation sites (tertiary alicyclic amines) is 1. The Kier molecular flexibility index (Phi) is 6.40. The maximum absolute atomic E-state index is 10.3. The largest absolute Gasteiger partial charge is 0.508 e. The highest BCUT2D eigenvalue weighted by Crippen LogP contribution is 2.36. The molecule has 2 aliphatic heterocycles. The summed E-state index contributed by atoms with van der Waals surface area (Å²) in [7, 11) is 2.12. The van der Waals surface area contributed by atoms with Crippen molar-refractivity contribution < 1.29 is 9.84 Å². The minimum atomic E-state index is 0. The molecule has 1 aromatic heterocycles. The Morgan fingerprint density at radius 2 is 2.09 bits per heavy atom. The molecule has 2 aromatic carbocycles. The Labute approximate surface area is 194 Å². The third kappa shape index (κ3) is 4.06. The minimum Gasteiger partial charge on any atom is -0.508 e. The summed E-state index contributed by atoms with van der Waals surface area (Å²) < 4.78 is 6.04. The third-order valence-corrected chi connectivity index (χ3v) is 6.60. The molecule has 0 saturated carbocycles. The van der Waals surface area contributed by atoms with E-state index >= 15 is 0 Å². The highest BCUT2D eigenvalue weighted by Gasteiger charge is 2.26. The van der Waals surface area contributed by atoms with Gasteiger partial charge < -0.3 is 19.6 Å². The van der Waals surface area contributed by atoms with Crippen molar-refractivity contribution in [2.45, 2.75) is 31.8 Å². The number of nitriles is 1. The van der Waals surface area contributed by atoms with Crippen LogP contribution < -0.4 is 9.64 Å². The first-order valence-electron chi connectivity index (χ1n) is 10.8. The minimum absolute atomic E-state index is 0. The number of ether oxygens (including phenoxy) is 1. The van der Waals surface area contributed by atoms with E-state index in [0.717, 1.165) is 53.5 Å². The van der Waals surface area contributed by atoms with Crippen LogP contribution in [0.5, 0.6) is 11.6 Å². The van der Waals surface area contributed by atoms with Crippen LogP contribution in [0, 0.1) is 11.3 Å². The zero-order chi connectivity index (χ0) is 21.4. The number of likely N-dealkylation sites (N-methyl/N-ethyl adjacent to an activating group) is 1. The van der Waals surface area contributed by atoms with Crippen molar-refractivity contribution in [2.75, 3.05) is 31.6 Å². The molecule has 3 aromatic rings. The molecule has 7 heteroatoms. The summed E-state index contributed by atoms with van der Waals surface area (Å²) in [5.74, 6) is 0.684. The van der Waals surface area contributed by atoms with E-state index in [-0.39, 0.29) is 18.2 Å². The molecule has 3 heterocycles. The van der Waals surface area contributed by atoms with Gasteiger partial charge in [-0.05, 0) is 55.4 Å². The standard InChI is InChI=1S/C25H26N4O2.ClH/c1-28-9-4-6-19(28)16-31-25-22(13-26)23-15-29(10-8-18(23)14-27-25)24-12-20(30)11-17-5-2-3-7-21(17)24;/h2-3,5,7,11-12,14,19,30H,4,6,8-10,15-16H2,1H3;1H/t19-;/m0./s1. The van der Waals surface area contributed by atoms with Gasteiger partial charge in [0, 0.05) is 42.5 Å². The van der Waals surface area contributed by atoms with E-state index in [4.69, 9.17) is 4.74 Å². The third-order valence-electron chi connectivity index (χ3n) is 6.60. The Balaban J connectivity index is 0.00000245. The van der Waals surface area contributed by atoms with Crippen molar-refractivity contribution in [3.8, 4) is 17.7 Å². The zero-order valence-electron chi connectivity index (χ0n) is 18.1. The molecule has 6 nitrogen and oxygen atoms in total. The molecule has 1 saturated heterocycles. The number of anilines is 1. The lowest BCUT2D eigenvalue weighted by atomic mass is 9.96. The van der Waals surface area contributed by atoms with Crippen molar-refractivity contribution in [2.24, 2.45) is 0 Å². The van der Waals surface area contributed by atoms with Crippen LogP contribution in [-0.4, -0.2) is 47.8 Å². The maximum Gasteiger partial charge on any atom is 0.232 e. The van der Waals surface area contributed by atoms with Crippen LogP contribution in [0.1, 0.15) is 29.5 Å². The predicted octanol–water partition coefficient (Wildman–Crippen LogP) is 4.27. The summed E-state index contributed by atoms with van der Waals surface area (Å²) in [6, 6.07) is 14.4. The summed E-state index contributed by atoms with van der Waals surface area (Å²) >= 11 is 0. The number of fused-ring (bicyclic) bond motifs is 2. The number of aromatic nitrogens is 1. The average molecular weight is 451 g/mol. The number of pyridine rings is 1. The van der Waals surface area contributed by atoms with Gasteiger partial charge in [-0.1, -0.05) is 24.3 Å². The van der Waals surface area contributed by atoms with Gasteiger partial charge in [0.25, 0.3) is 0 Å². The van der Waals surface area contributed by atoms with Crippen LogP contribution in [0.15, 0.2) is 42.6 Å². The van der Waals surface area contributed by atoms with Crippen LogP contribution >= 0.6 is 12.4 Å². The molecule has 1 N–H and O–H groups in total. The molecule has 166 valence electrons. The Morgan fingerprint density at radius 1 is 1.25 bits per heavy atom. The number of nitrogens with zero attached hydrogens (tertiary/aromatic N) is 4. The van der Waals surface area contributed by atoms with Gasteiger partial charge in [-0.3, -0.25) is 0 Å². The van der Waals surface area contributed by atoms with Crippen molar-refractivity contribution in [3.05, 3.63) is 59.3 Å². The summed E-state index contributed by atoms with van der Waals surface area (Å²) in [6.07, 6.45) is 4.95. The summed E-state index contributed by atoms with van der Waals surface area (Å²) in [4.78, 5) is 9.03. The number of aromatic hydroxyl groups is 1. The topological polar surface area (TPSA) is 72.6 Å². The number of phenolic OH excluding ortho intramolecular Hbond substituents is 1. The monoisotopic (exact) mass is 450 g/mol. The molecular formula is C25H27ClN4O2. The van der Waals surface area contributed by atoms with Crippen molar-refractivity contribution >= 4 is 28.9 Å². The number of hydrogen-bond donors (Lipinski definition) is 1. The average Bonchev–Trinajstić information content (AvgIpc) is 3.20. The molecule has 0 amide bonds.